The average molecular weight is 423 g/mol. The molecule has 0 bridgehead atoms. The zero-order chi connectivity index (χ0) is 22.6. The number of benzene rings is 2. The van der Waals surface area contributed by atoms with E-state index in [9.17, 15) is 14.7 Å². The fourth-order valence-electron chi connectivity index (χ4n) is 4.07. The number of aliphatic hydroxyl groups excluding tert-OH is 1. The Morgan fingerprint density at radius 3 is 2.48 bits per heavy atom. The molecule has 1 heterocycles. The highest BCUT2D eigenvalue weighted by atomic mass is 16.6. The van der Waals surface area contributed by atoms with E-state index in [4.69, 9.17) is 10.5 Å². The van der Waals surface area contributed by atoms with Crippen LogP contribution in [0.5, 0.6) is 0 Å². The molecule has 6 nitrogen and oxygen atoms in total. The van der Waals surface area contributed by atoms with Crippen molar-refractivity contribution in [1.29, 1.82) is 0 Å². The predicted octanol–water partition coefficient (Wildman–Crippen LogP) is 4.36. The van der Waals surface area contributed by atoms with Crippen LogP contribution in [0.2, 0.25) is 0 Å². The maximum Gasteiger partial charge on any atom is 0.359 e. The number of ether oxygens (including phenoxy) is 1. The number of carbonyl (C=O) groups is 2. The van der Waals surface area contributed by atoms with Crippen LogP contribution in [0.3, 0.4) is 0 Å². The van der Waals surface area contributed by atoms with Gasteiger partial charge < -0.3 is 20.5 Å². The number of amides is 1. The van der Waals surface area contributed by atoms with Crippen molar-refractivity contribution in [2.75, 3.05) is 11.4 Å². The second-order valence-corrected chi connectivity index (χ2v) is 8.23. The van der Waals surface area contributed by atoms with Crippen LogP contribution in [0.1, 0.15) is 49.5 Å². The van der Waals surface area contributed by atoms with Gasteiger partial charge in [-0.1, -0.05) is 50.2 Å². The first kappa shape index (κ1) is 22.4. The summed E-state index contributed by atoms with van der Waals surface area (Å²) in [6.45, 7) is 6.29. The van der Waals surface area contributed by atoms with Crippen molar-refractivity contribution in [1.82, 2.24) is 0 Å². The molecule has 1 aliphatic rings. The molecule has 2 aromatic rings. The topological polar surface area (TPSA) is 92.9 Å². The summed E-state index contributed by atoms with van der Waals surface area (Å²) in [5.41, 5.74) is 6.81. The minimum absolute atomic E-state index is 0.00402. The molecule has 0 aromatic heterocycles. The number of cyclic esters (lactones) is 1. The monoisotopic (exact) mass is 422 g/mol. The molecule has 164 valence electrons. The van der Waals surface area contributed by atoms with Crippen LogP contribution >= 0.6 is 0 Å². The quantitative estimate of drug-likeness (QED) is 0.617. The van der Waals surface area contributed by atoms with Gasteiger partial charge in [-0.2, -0.15) is 0 Å². The summed E-state index contributed by atoms with van der Waals surface area (Å²) >= 11 is 0. The Hall–Kier alpha value is -3.28. The standard InChI is InChI=1S/C25H30N2O4/c1-4-27(20-12-8-11-19(15-20)23(26)29)22-21(28)16-25(17(2)3,31-24(22)30)14-13-18-9-6-5-7-10-18/h5-12,15,17,28H,4,13-14,16H2,1-3H3,(H2,26,29). The largest absolute Gasteiger partial charge is 0.510 e. The Morgan fingerprint density at radius 1 is 1.19 bits per heavy atom. The van der Waals surface area contributed by atoms with Crippen molar-refractivity contribution in [3.05, 3.63) is 77.2 Å². The molecule has 3 rings (SSSR count). The molecule has 3 N–H and O–H groups in total. The van der Waals surface area contributed by atoms with Gasteiger partial charge in [0.2, 0.25) is 5.91 Å². The van der Waals surface area contributed by atoms with Crippen molar-refractivity contribution >= 4 is 17.6 Å². The van der Waals surface area contributed by atoms with Crippen molar-refractivity contribution in [2.24, 2.45) is 11.7 Å². The molecule has 0 fully saturated rings. The molecule has 1 atom stereocenters. The molecular weight excluding hydrogens is 392 g/mol. The third kappa shape index (κ3) is 4.74. The van der Waals surface area contributed by atoms with Gasteiger partial charge in [-0.3, -0.25) is 4.79 Å². The number of rotatable bonds is 8. The number of nitrogens with two attached hydrogens (primary N) is 1. The third-order valence-corrected chi connectivity index (χ3v) is 5.99. The number of primary amides is 1. The maximum atomic E-state index is 13.2. The van der Waals surface area contributed by atoms with E-state index in [1.165, 1.54) is 0 Å². The minimum atomic E-state index is -0.783. The molecule has 0 saturated carbocycles. The highest BCUT2D eigenvalue weighted by Gasteiger charge is 2.45. The van der Waals surface area contributed by atoms with E-state index in [1.807, 2.05) is 51.1 Å². The van der Waals surface area contributed by atoms with E-state index in [0.717, 1.165) is 12.0 Å². The molecule has 2 aromatic carbocycles. The van der Waals surface area contributed by atoms with Crippen molar-refractivity contribution in [2.45, 2.75) is 45.6 Å². The number of esters is 1. The maximum absolute atomic E-state index is 13.2. The van der Waals surface area contributed by atoms with E-state index >= 15 is 0 Å². The molecule has 6 heteroatoms. The van der Waals surface area contributed by atoms with Crippen LogP contribution in [0.4, 0.5) is 5.69 Å². The van der Waals surface area contributed by atoms with Gasteiger partial charge in [0.25, 0.3) is 0 Å². The summed E-state index contributed by atoms with van der Waals surface area (Å²) in [6.07, 6.45) is 1.60. The van der Waals surface area contributed by atoms with E-state index in [2.05, 4.69) is 0 Å². The summed E-state index contributed by atoms with van der Waals surface area (Å²) in [5.74, 6) is -1.08. The summed E-state index contributed by atoms with van der Waals surface area (Å²) < 4.78 is 6.03. The molecule has 0 aliphatic carbocycles. The van der Waals surface area contributed by atoms with E-state index in [1.54, 1.807) is 29.2 Å². The molecule has 1 unspecified atom stereocenters. The van der Waals surface area contributed by atoms with Crippen molar-refractivity contribution in [3.63, 3.8) is 0 Å². The molecular formula is C25H30N2O4. The van der Waals surface area contributed by atoms with Gasteiger partial charge in [-0.25, -0.2) is 4.79 Å². The number of hydrogen-bond acceptors (Lipinski definition) is 5. The summed E-state index contributed by atoms with van der Waals surface area (Å²) in [7, 11) is 0. The lowest BCUT2D eigenvalue weighted by Gasteiger charge is -2.42. The Labute approximate surface area is 183 Å². The lowest BCUT2D eigenvalue weighted by atomic mass is 9.79. The SMILES string of the molecule is CCN(C1=C(O)CC(CCc2ccccc2)(C(C)C)OC1=O)c1cccc(C(N)=O)c1. The van der Waals surface area contributed by atoms with E-state index in [0.29, 0.717) is 24.2 Å². The molecule has 31 heavy (non-hydrogen) atoms. The van der Waals surface area contributed by atoms with Crippen LogP contribution in [0.25, 0.3) is 0 Å². The normalized spacial score (nSPS) is 18.8. The predicted molar refractivity (Wildman–Crippen MR) is 121 cm³/mol. The number of carbonyl (C=O) groups excluding carboxylic acids is 2. The first-order valence-electron chi connectivity index (χ1n) is 10.6. The second-order valence-electron chi connectivity index (χ2n) is 8.23. The third-order valence-electron chi connectivity index (χ3n) is 5.99. The zero-order valence-electron chi connectivity index (χ0n) is 18.3. The van der Waals surface area contributed by atoms with E-state index < -0.39 is 17.5 Å². The Morgan fingerprint density at radius 2 is 1.90 bits per heavy atom. The summed E-state index contributed by atoms with van der Waals surface area (Å²) in [5, 5.41) is 11.0. The number of hydrogen-bond donors (Lipinski definition) is 2. The average Bonchev–Trinajstić information content (AvgIpc) is 2.75. The van der Waals surface area contributed by atoms with Gasteiger partial charge >= 0.3 is 5.97 Å². The Bertz CT molecular complexity index is 984. The molecule has 1 aliphatic heterocycles. The summed E-state index contributed by atoms with van der Waals surface area (Å²) in [6, 6.07) is 16.7. The number of nitrogens with zero attached hydrogens (tertiary/aromatic N) is 1. The minimum Gasteiger partial charge on any atom is -0.510 e. The van der Waals surface area contributed by atoms with Crippen LogP contribution in [0, 0.1) is 5.92 Å². The molecule has 0 radical (unpaired) electrons. The summed E-state index contributed by atoms with van der Waals surface area (Å²) in [4.78, 5) is 26.4. The Kier molecular flexibility index (Phi) is 6.68. The highest BCUT2D eigenvalue weighted by Crippen LogP contribution is 2.40. The van der Waals surface area contributed by atoms with Crippen LogP contribution in [0.15, 0.2) is 66.1 Å². The smallest absolute Gasteiger partial charge is 0.359 e. The molecule has 0 spiro atoms. The lowest BCUT2D eigenvalue weighted by Crippen LogP contribution is -2.47. The van der Waals surface area contributed by atoms with Crippen molar-refractivity contribution in [3.8, 4) is 0 Å². The lowest BCUT2D eigenvalue weighted by molar-refractivity contribution is -0.166. The fraction of sp³-hybridized carbons (Fsp3) is 0.360. The van der Waals surface area contributed by atoms with Gasteiger partial charge in [-0.05, 0) is 49.4 Å². The fourth-order valence-corrected chi connectivity index (χ4v) is 4.07. The van der Waals surface area contributed by atoms with Gasteiger partial charge in [0.1, 0.15) is 11.4 Å². The molecule has 0 saturated heterocycles. The number of aliphatic hydroxyl groups is 1. The van der Waals surface area contributed by atoms with Gasteiger partial charge in [0, 0.05) is 24.2 Å². The number of anilines is 1. The van der Waals surface area contributed by atoms with Gasteiger partial charge in [-0.15, -0.1) is 0 Å². The zero-order valence-corrected chi connectivity index (χ0v) is 18.3. The first-order chi connectivity index (χ1) is 14.8. The highest BCUT2D eigenvalue weighted by molar-refractivity contribution is 5.96. The van der Waals surface area contributed by atoms with Gasteiger partial charge in [0.15, 0.2) is 5.70 Å². The van der Waals surface area contributed by atoms with Crippen LogP contribution in [-0.4, -0.2) is 29.1 Å². The van der Waals surface area contributed by atoms with Crippen LogP contribution in [-0.2, 0) is 16.0 Å². The first-order valence-corrected chi connectivity index (χ1v) is 10.6. The van der Waals surface area contributed by atoms with E-state index in [-0.39, 0.29) is 23.8 Å². The Balaban J connectivity index is 1.92. The van der Waals surface area contributed by atoms with Crippen LogP contribution < -0.4 is 10.6 Å². The van der Waals surface area contributed by atoms with Crippen molar-refractivity contribution < 1.29 is 19.4 Å². The second kappa shape index (κ2) is 9.25. The number of aryl methyl sites for hydroxylation is 1. The van der Waals surface area contributed by atoms with Gasteiger partial charge in [0.05, 0.1) is 0 Å². The number of likely N-dealkylation sites (N-methyl/N-ethyl adjacent to an activating group) is 1. The molecule has 1 amide bonds.